The molecule has 0 unspecified atom stereocenters. The largest absolute Gasteiger partial charge is 0.396 e. The zero-order valence-corrected chi connectivity index (χ0v) is 20.4. The average molecular weight is 499 g/mol. The molecule has 186 valence electrons. The van der Waals surface area contributed by atoms with Crippen molar-refractivity contribution in [1.82, 2.24) is 19.2 Å². The summed E-state index contributed by atoms with van der Waals surface area (Å²) in [6.07, 6.45) is 9.94. The number of nitrogens with one attached hydrogen (secondary N) is 1. The fourth-order valence-corrected chi connectivity index (χ4v) is 7.30. The Kier molecular flexibility index (Phi) is 6.37. The van der Waals surface area contributed by atoms with Crippen molar-refractivity contribution in [1.29, 1.82) is 0 Å². The van der Waals surface area contributed by atoms with E-state index in [0.717, 1.165) is 36.7 Å². The Hall–Kier alpha value is -2.82. The van der Waals surface area contributed by atoms with Crippen LogP contribution in [0.25, 0.3) is 5.57 Å². The lowest BCUT2D eigenvalue weighted by Gasteiger charge is -2.28. The van der Waals surface area contributed by atoms with E-state index in [1.165, 1.54) is 4.31 Å². The van der Waals surface area contributed by atoms with E-state index in [9.17, 15) is 23.1 Å². The number of carbonyl (C=O) groups excluding carboxylic acids is 1. The third-order valence-corrected chi connectivity index (χ3v) is 8.75. The molecule has 2 aromatic heterocycles. The first kappa shape index (κ1) is 23.9. The van der Waals surface area contributed by atoms with Gasteiger partial charge >= 0.3 is 0 Å². The molecule has 2 aliphatic heterocycles. The summed E-state index contributed by atoms with van der Waals surface area (Å²) in [4.78, 5) is 30.6. The number of amides is 1. The molecule has 1 saturated heterocycles. The molecule has 1 fully saturated rings. The van der Waals surface area contributed by atoms with E-state index in [1.807, 2.05) is 18.2 Å². The van der Waals surface area contributed by atoms with Gasteiger partial charge in [0.1, 0.15) is 6.04 Å². The number of sulfonamides is 1. The lowest BCUT2D eigenvalue weighted by Crippen LogP contribution is -2.50. The van der Waals surface area contributed by atoms with Gasteiger partial charge in [0.2, 0.25) is 15.9 Å². The molecule has 0 spiro atoms. The minimum Gasteiger partial charge on any atom is -0.396 e. The van der Waals surface area contributed by atoms with Gasteiger partial charge in [-0.1, -0.05) is 6.08 Å². The van der Waals surface area contributed by atoms with Crippen molar-refractivity contribution in [2.75, 3.05) is 19.4 Å². The van der Waals surface area contributed by atoms with Crippen molar-refractivity contribution >= 4 is 21.5 Å². The lowest BCUT2D eigenvalue weighted by atomic mass is 9.88. The zero-order valence-electron chi connectivity index (χ0n) is 19.6. The molecule has 35 heavy (non-hydrogen) atoms. The molecule has 10 heteroatoms. The summed E-state index contributed by atoms with van der Waals surface area (Å²) >= 11 is 0. The van der Waals surface area contributed by atoms with Crippen LogP contribution in [-0.4, -0.2) is 58.7 Å². The van der Waals surface area contributed by atoms with E-state index in [4.69, 9.17) is 0 Å². The van der Waals surface area contributed by atoms with Gasteiger partial charge in [0.25, 0.3) is 5.56 Å². The highest BCUT2D eigenvalue weighted by Gasteiger charge is 2.58. The van der Waals surface area contributed by atoms with Crippen LogP contribution in [0.4, 0.5) is 0 Å². The van der Waals surface area contributed by atoms with Crippen LogP contribution in [0.2, 0.25) is 0 Å². The first-order chi connectivity index (χ1) is 16.8. The third kappa shape index (κ3) is 4.23. The quantitative estimate of drug-likeness (QED) is 0.590. The molecule has 1 amide bonds. The van der Waals surface area contributed by atoms with Crippen molar-refractivity contribution in [3.8, 4) is 0 Å². The van der Waals surface area contributed by atoms with Gasteiger partial charge in [-0.05, 0) is 61.1 Å². The number of aliphatic hydroxyl groups excluding tert-OH is 1. The van der Waals surface area contributed by atoms with Gasteiger partial charge in [0.05, 0.1) is 12.3 Å². The maximum atomic E-state index is 13.3. The maximum Gasteiger partial charge on any atom is 0.258 e. The first-order valence-electron chi connectivity index (χ1n) is 12.0. The summed E-state index contributed by atoms with van der Waals surface area (Å²) in [6, 6.07) is 5.61. The molecule has 5 rings (SSSR count). The van der Waals surface area contributed by atoms with E-state index in [2.05, 4.69) is 16.4 Å². The van der Waals surface area contributed by atoms with E-state index in [-0.39, 0.29) is 24.6 Å². The van der Waals surface area contributed by atoms with Crippen molar-refractivity contribution in [2.45, 2.75) is 44.3 Å². The first-order valence-corrected chi connectivity index (χ1v) is 13.8. The standard InChI is InChI=1S/C25H30N4O5S/c1-35(33,34)29-22-19(14-28-21(22)7-6-18(25(28)32)17-4-2-3-5-17)20(15-30)23(29)24(31)27-13-10-16-8-11-26-12-9-16/h4,6-9,11-12,19-20,22-23,30H,2-3,5,10,13-15H2,1H3,(H,27,31)/t19-,20-,22+,23-/m0/s1. The van der Waals surface area contributed by atoms with Crippen LogP contribution in [0.15, 0.2) is 47.5 Å². The van der Waals surface area contributed by atoms with Crippen LogP contribution >= 0.6 is 0 Å². The number of rotatable bonds is 7. The predicted molar refractivity (Wildman–Crippen MR) is 131 cm³/mol. The van der Waals surface area contributed by atoms with E-state index >= 15 is 0 Å². The Morgan fingerprint density at radius 3 is 2.66 bits per heavy atom. The molecular weight excluding hydrogens is 468 g/mol. The maximum absolute atomic E-state index is 13.3. The summed E-state index contributed by atoms with van der Waals surface area (Å²) in [6.45, 7) is 0.257. The topological polar surface area (TPSA) is 122 Å². The van der Waals surface area contributed by atoms with Gasteiger partial charge in [-0.2, -0.15) is 4.31 Å². The normalized spacial score (nSPS) is 25.8. The predicted octanol–water partition coefficient (Wildman–Crippen LogP) is 1.09. The van der Waals surface area contributed by atoms with Crippen LogP contribution in [0.1, 0.15) is 42.1 Å². The summed E-state index contributed by atoms with van der Waals surface area (Å²) in [7, 11) is -3.83. The molecule has 4 heterocycles. The minimum absolute atomic E-state index is 0.131. The Labute approximate surface area is 204 Å². The number of hydrogen-bond acceptors (Lipinski definition) is 6. The summed E-state index contributed by atoms with van der Waals surface area (Å²) in [5.74, 6) is -1.42. The molecule has 0 radical (unpaired) electrons. The highest BCUT2D eigenvalue weighted by molar-refractivity contribution is 7.88. The number of aromatic nitrogens is 2. The number of carbonyl (C=O) groups is 1. The van der Waals surface area contributed by atoms with Crippen LogP contribution in [-0.2, 0) is 27.8 Å². The number of nitrogens with zero attached hydrogens (tertiary/aromatic N) is 3. The van der Waals surface area contributed by atoms with Crippen molar-refractivity contribution < 1.29 is 18.3 Å². The SMILES string of the molecule is CS(=O)(=O)N1[C@H](C(=O)NCCc2ccncc2)[C@@H](CO)[C@@H]2Cn3c(ccc(C4=CCCC4)c3=O)[C@@H]21. The summed E-state index contributed by atoms with van der Waals surface area (Å²) in [5.41, 5.74) is 3.14. The van der Waals surface area contributed by atoms with Gasteiger partial charge in [-0.15, -0.1) is 0 Å². The Morgan fingerprint density at radius 2 is 2.00 bits per heavy atom. The van der Waals surface area contributed by atoms with E-state index < -0.39 is 33.9 Å². The third-order valence-electron chi connectivity index (χ3n) is 7.53. The second kappa shape index (κ2) is 9.33. The summed E-state index contributed by atoms with van der Waals surface area (Å²) in [5, 5.41) is 13.1. The molecule has 9 nitrogen and oxygen atoms in total. The Morgan fingerprint density at radius 1 is 1.23 bits per heavy atom. The minimum atomic E-state index is -3.83. The van der Waals surface area contributed by atoms with Crippen molar-refractivity contribution in [2.24, 2.45) is 11.8 Å². The number of pyridine rings is 2. The van der Waals surface area contributed by atoms with E-state index in [1.54, 1.807) is 23.0 Å². The molecule has 2 aromatic rings. The van der Waals surface area contributed by atoms with Gasteiger partial charge < -0.3 is 15.0 Å². The molecule has 0 saturated carbocycles. The number of hydrogen-bond donors (Lipinski definition) is 2. The van der Waals surface area contributed by atoms with Gasteiger partial charge in [0.15, 0.2) is 0 Å². The lowest BCUT2D eigenvalue weighted by molar-refractivity contribution is -0.126. The number of allylic oxidation sites excluding steroid dienone is 2. The van der Waals surface area contributed by atoms with Crippen LogP contribution in [0.3, 0.4) is 0 Å². The second-order valence-electron chi connectivity index (χ2n) is 9.60. The molecule has 0 bridgehead atoms. The highest BCUT2D eigenvalue weighted by Crippen LogP contribution is 2.50. The van der Waals surface area contributed by atoms with E-state index in [0.29, 0.717) is 24.2 Å². The van der Waals surface area contributed by atoms with Gasteiger partial charge in [-0.3, -0.25) is 14.6 Å². The average Bonchev–Trinajstić information content (AvgIpc) is 3.54. The molecule has 2 N–H and O–H groups in total. The van der Waals surface area contributed by atoms with Crippen molar-refractivity contribution in [3.63, 3.8) is 0 Å². The molecule has 0 aromatic carbocycles. The fourth-order valence-electron chi connectivity index (χ4n) is 5.96. The Bertz CT molecular complexity index is 1320. The molecule has 4 atom stereocenters. The summed E-state index contributed by atoms with van der Waals surface area (Å²) < 4.78 is 28.8. The van der Waals surface area contributed by atoms with Crippen LogP contribution in [0, 0.1) is 11.8 Å². The number of fused-ring (bicyclic) bond motifs is 3. The smallest absolute Gasteiger partial charge is 0.258 e. The van der Waals surface area contributed by atoms with Crippen LogP contribution in [0.5, 0.6) is 0 Å². The number of aliphatic hydroxyl groups is 1. The molecule has 3 aliphatic rings. The van der Waals surface area contributed by atoms with Gasteiger partial charge in [0, 0.05) is 55.2 Å². The fraction of sp³-hybridized carbons (Fsp3) is 0.480. The highest BCUT2D eigenvalue weighted by atomic mass is 32.2. The Balaban J connectivity index is 1.45. The molecular formula is C25H30N4O5S. The van der Waals surface area contributed by atoms with Crippen LogP contribution < -0.4 is 10.9 Å². The van der Waals surface area contributed by atoms with Gasteiger partial charge in [-0.25, -0.2) is 8.42 Å². The molecule has 1 aliphatic carbocycles. The monoisotopic (exact) mass is 498 g/mol. The second-order valence-corrected chi connectivity index (χ2v) is 11.5. The van der Waals surface area contributed by atoms with Crippen molar-refractivity contribution in [3.05, 3.63) is 69.9 Å². The zero-order chi connectivity index (χ0) is 24.7.